The second kappa shape index (κ2) is 19.9. The minimum absolute atomic E-state index is 0.0414. The molecule has 0 spiro atoms. The molecular formula is C55H76N2O6. The van der Waals surface area contributed by atoms with Crippen molar-refractivity contribution >= 4 is 33.5 Å². The van der Waals surface area contributed by atoms with Gasteiger partial charge in [-0.3, -0.25) is 19.4 Å². The number of ether oxygens (including phenoxy) is 3. The van der Waals surface area contributed by atoms with Gasteiger partial charge in [-0.2, -0.15) is 0 Å². The number of rotatable bonds is 12. The quantitative estimate of drug-likeness (QED) is 0.141. The van der Waals surface area contributed by atoms with Crippen LogP contribution in [0.1, 0.15) is 143 Å². The molecule has 1 N–H and O–H groups in total. The highest BCUT2D eigenvalue weighted by Crippen LogP contribution is 2.40. The number of methoxy groups -OCH3 is 1. The number of likely N-dealkylation sites (tertiary alicyclic amines) is 2. The van der Waals surface area contributed by atoms with Gasteiger partial charge in [0.25, 0.3) is 0 Å². The first-order chi connectivity index (χ1) is 30.1. The Kier molecular flexibility index (Phi) is 14.8. The lowest BCUT2D eigenvalue weighted by molar-refractivity contribution is -0.156. The van der Waals surface area contributed by atoms with Crippen LogP contribution in [0.15, 0.2) is 72.8 Å². The molecule has 2 saturated carbocycles. The Morgan fingerprint density at radius 1 is 0.556 bits per heavy atom. The van der Waals surface area contributed by atoms with Crippen LogP contribution in [0.5, 0.6) is 11.5 Å². The summed E-state index contributed by atoms with van der Waals surface area (Å²) in [6.07, 6.45) is 15.0. The zero-order chi connectivity index (χ0) is 44.8. The molecule has 342 valence electrons. The molecule has 0 amide bonds. The summed E-state index contributed by atoms with van der Waals surface area (Å²) in [5.41, 5.74) is 2.71. The van der Waals surface area contributed by atoms with E-state index in [1.807, 2.05) is 6.92 Å². The first-order valence-electron chi connectivity index (χ1n) is 24.3. The van der Waals surface area contributed by atoms with Crippen LogP contribution in [0.3, 0.4) is 0 Å². The fourth-order valence-electron chi connectivity index (χ4n) is 10.7. The topological polar surface area (TPSA) is 88.5 Å². The average molecular weight is 861 g/mol. The van der Waals surface area contributed by atoms with E-state index >= 15 is 0 Å². The number of esters is 1. The van der Waals surface area contributed by atoms with E-state index in [2.05, 4.69) is 117 Å². The van der Waals surface area contributed by atoms with Crippen molar-refractivity contribution in [2.45, 2.75) is 157 Å². The molecule has 4 aliphatic rings. The molecule has 2 aliphatic carbocycles. The first kappa shape index (κ1) is 46.8. The van der Waals surface area contributed by atoms with Crippen LogP contribution in [0, 0.1) is 21.7 Å². The highest BCUT2D eigenvalue weighted by molar-refractivity contribution is 5.85. The molecule has 8 heteroatoms. The predicted molar refractivity (Wildman–Crippen MR) is 255 cm³/mol. The molecule has 2 heterocycles. The van der Waals surface area contributed by atoms with Gasteiger partial charge in [0.2, 0.25) is 0 Å². The number of carbonyl (C=O) groups excluding carboxylic acids is 1. The summed E-state index contributed by atoms with van der Waals surface area (Å²) in [4.78, 5) is 28.8. The molecule has 8 rings (SSSR count). The van der Waals surface area contributed by atoms with E-state index in [-0.39, 0.29) is 11.4 Å². The summed E-state index contributed by atoms with van der Waals surface area (Å²) in [6.45, 7) is 18.9. The molecule has 0 atom stereocenters. The van der Waals surface area contributed by atoms with Gasteiger partial charge in [-0.05, 0) is 196 Å². The van der Waals surface area contributed by atoms with Gasteiger partial charge in [0.15, 0.2) is 0 Å². The summed E-state index contributed by atoms with van der Waals surface area (Å²) in [7, 11) is 1.51. The van der Waals surface area contributed by atoms with Crippen molar-refractivity contribution in [1.82, 2.24) is 9.80 Å². The van der Waals surface area contributed by atoms with Crippen LogP contribution in [-0.4, -0.2) is 72.3 Å². The summed E-state index contributed by atoms with van der Waals surface area (Å²) >= 11 is 0. The Morgan fingerprint density at radius 3 is 1.29 bits per heavy atom. The number of carbonyl (C=O) groups is 2. The van der Waals surface area contributed by atoms with Crippen molar-refractivity contribution < 1.29 is 28.9 Å². The van der Waals surface area contributed by atoms with Gasteiger partial charge in [-0.25, -0.2) is 0 Å². The summed E-state index contributed by atoms with van der Waals surface area (Å²) < 4.78 is 17.7. The van der Waals surface area contributed by atoms with E-state index in [0.717, 1.165) is 115 Å². The lowest BCUT2D eigenvalue weighted by Crippen LogP contribution is -2.44. The highest BCUT2D eigenvalue weighted by atomic mass is 16.5. The molecule has 2 saturated heterocycles. The van der Waals surface area contributed by atoms with Crippen molar-refractivity contribution in [2.75, 3.05) is 33.3 Å². The number of carboxylic acids is 1. The number of benzene rings is 4. The Morgan fingerprint density at radius 2 is 0.921 bits per heavy atom. The summed E-state index contributed by atoms with van der Waals surface area (Å²) in [5.74, 6) is 1.30. The molecule has 4 aromatic rings. The maximum Gasteiger partial charge on any atom is 0.311 e. The minimum atomic E-state index is -0.629. The van der Waals surface area contributed by atoms with Crippen molar-refractivity contribution in [2.24, 2.45) is 21.7 Å². The van der Waals surface area contributed by atoms with Crippen LogP contribution in [0.25, 0.3) is 21.5 Å². The molecule has 4 aromatic carbocycles. The number of hydrogen-bond acceptors (Lipinski definition) is 7. The van der Waals surface area contributed by atoms with Crippen LogP contribution in [-0.2, 0) is 27.4 Å². The van der Waals surface area contributed by atoms with Gasteiger partial charge in [0.1, 0.15) is 11.5 Å². The number of hydrogen-bond donors (Lipinski definition) is 1. The maximum atomic E-state index is 12.3. The smallest absolute Gasteiger partial charge is 0.311 e. The lowest BCUT2D eigenvalue weighted by atomic mass is 9.76. The Hall–Kier alpha value is -4.14. The van der Waals surface area contributed by atoms with Crippen molar-refractivity contribution in [3.63, 3.8) is 0 Å². The van der Waals surface area contributed by atoms with E-state index in [9.17, 15) is 14.7 Å². The summed E-state index contributed by atoms with van der Waals surface area (Å²) in [5, 5.41) is 14.5. The monoisotopic (exact) mass is 861 g/mol. The molecule has 4 fully saturated rings. The van der Waals surface area contributed by atoms with Crippen molar-refractivity contribution in [3.8, 4) is 11.5 Å². The first-order valence-corrected chi connectivity index (χ1v) is 24.3. The molecular weight excluding hydrogens is 785 g/mol. The largest absolute Gasteiger partial charge is 0.490 e. The lowest BCUT2D eigenvalue weighted by Gasteiger charge is -2.39. The van der Waals surface area contributed by atoms with Crippen LogP contribution < -0.4 is 9.47 Å². The average Bonchev–Trinajstić information content (AvgIpc) is 3.28. The molecule has 63 heavy (non-hydrogen) atoms. The van der Waals surface area contributed by atoms with E-state index in [1.54, 1.807) is 0 Å². The van der Waals surface area contributed by atoms with E-state index in [1.165, 1.54) is 65.5 Å². The highest BCUT2D eigenvalue weighted by Gasteiger charge is 2.41. The van der Waals surface area contributed by atoms with Crippen LogP contribution >= 0.6 is 0 Å². The van der Waals surface area contributed by atoms with Gasteiger partial charge in [-0.15, -0.1) is 0 Å². The molecule has 0 bridgehead atoms. The minimum Gasteiger partial charge on any atom is -0.490 e. The number of piperidine rings is 2. The Bertz CT molecular complexity index is 2160. The molecule has 2 aliphatic heterocycles. The van der Waals surface area contributed by atoms with E-state index in [0.29, 0.717) is 23.0 Å². The molecule has 8 nitrogen and oxygen atoms in total. The molecule has 0 aromatic heterocycles. The van der Waals surface area contributed by atoms with E-state index < -0.39 is 11.4 Å². The van der Waals surface area contributed by atoms with Gasteiger partial charge in [-0.1, -0.05) is 77.9 Å². The van der Waals surface area contributed by atoms with Crippen LogP contribution in [0.4, 0.5) is 0 Å². The zero-order valence-corrected chi connectivity index (χ0v) is 39.6. The van der Waals surface area contributed by atoms with Gasteiger partial charge >= 0.3 is 11.9 Å². The fourth-order valence-corrected chi connectivity index (χ4v) is 10.7. The second-order valence-electron chi connectivity index (χ2n) is 21.3. The zero-order valence-electron chi connectivity index (χ0n) is 39.6. The maximum absolute atomic E-state index is 12.3. The molecule has 0 unspecified atom stereocenters. The van der Waals surface area contributed by atoms with Gasteiger partial charge in [0, 0.05) is 13.1 Å². The summed E-state index contributed by atoms with van der Waals surface area (Å²) in [6, 6.07) is 26.4. The number of fused-ring (bicyclic) bond motifs is 2. The number of aliphatic carboxylic acids is 1. The van der Waals surface area contributed by atoms with Crippen molar-refractivity contribution in [3.05, 3.63) is 83.9 Å². The Labute approximate surface area is 378 Å². The standard InChI is InChI=1S/C28H39NO3.C27H37NO3/c1-5-28(26(30)31-4)14-16-29(17-15-28)20-21-6-7-23-19-25(9-8-22(23)18-21)32-24-10-12-27(2,3)13-11-24;1-4-27(25(29)30)13-15-28(16-14-27)19-20-5-6-22-18-24(8-7-21(22)17-20)31-23-9-11-26(2,3)12-10-23/h6-9,18-19,24H,5,10-17,20H2,1-4H3;5-8,17-18,23H,4,9-16,19H2,1-3H3,(H,29,30). The predicted octanol–water partition coefficient (Wildman–Crippen LogP) is 12.6. The third kappa shape index (κ3) is 11.8. The molecule has 0 radical (unpaired) electrons. The SMILES string of the molecule is CCC1(C(=O)O)CCN(Cc2ccc3cc(OC4CCC(C)(C)CC4)ccc3c2)CC1.CCC1(C(=O)OC)CCN(Cc2ccc3cc(OC4CCC(C)(C)CC4)ccc3c2)CC1. The van der Waals surface area contributed by atoms with Gasteiger partial charge in [0.05, 0.1) is 30.1 Å². The number of nitrogens with zero attached hydrogens (tertiary/aromatic N) is 2. The van der Waals surface area contributed by atoms with Gasteiger partial charge < -0.3 is 19.3 Å². The second-order valence-corrected chi connectivity index (χ2v) is 21.3. The number of carboxylic acid groups (broad SMARTS) is 1. The van der Waals surface area contributed by atoms with Crippen molar-refractivity contribution in [1.29, 1.82) is 0 Å². The third-order valence-electron chi connectivity index (χ3n) is 15.8. The van der Waals surface area contributed by atoms with Crippen LogP contribution in [0.2, 0.25) is 0 Å². The normalized spacial score (nSPS) is 21.6. The third-order valence-corrected chi connectivity index (χ3v) is 15.8. The fraction of sp³-hybridized carbons (Fsp3) is 0.600. The van der Waals surface area contributed by atoms with E-state index in [4.69, 9.17) is 14.2 Å². The Balaban J connectivity index is 0.000000189.